The van der Waals surface area contributed by atoms with E-state index in [-0.39, 0.29) is 36.6 Å². The fourth-order valence-electron chi connectivity index (χ4n) is 6.58. The van der Waals surface area contributed by atoms with E-state index >= 15 is 0 Å². The van der Waals surface area contributed by atoms with Crippen molar-refractivity contribution in [2.24, 2.45) is 5.41 Å². The molecule has 0 aliphatic carbocycles. The largest absolute Gasteiger partial charge is 3.00 e. The Kier molecular flexibility index (Phi) is 8.42. The Morgan fingerprint density at radius 2 is 1.54 bits per heavy atom. The first-order chi connectivity index (χ1) is 26.3. The molecule has 4 heteroatoms. The number of pyridine rings is 2. The average molecular weight is 864 g/mol. The summed E-state index contributed by atoms with van der Waals surface area (Å²) in [5.74, 6) is 0. The van der Waals surface area contributed by atoms with E-state index in [0.717, 1.165) is 54.7 Å². The van der Waals surface area contributed by atoms with Gasteiger partial charge in [-0.3, -0.25) is 0 Å². The number of furan rings is 1. The molecular formula is C48H46IrN2O+. The molecule has 0 unspecified atom stereocenters. The van der Waals surface area contributed by atoms with E-state index in [1.54, 1.807) is 32.9 Å². The number of fused-ring (bicyclic) bond motifs is 7. The third-order valence-electron chi connectivity index (χ3n) is 9.16. The van der Waals surface area contributed by atoms with Crippen LogP contribution in [0.2, 0.25) is 0 Å². The van der Waals surface area contributed by atoms with Crippen LogP contribution in [0, 0.1) is 32.3 Å². The quantitative estimate of drug-likeness (QED) is 0.101. The van der Waals surface area contributed by atoms with E-state index in [0.29, 0.717) is 16.8 Å². The molecule has 3 nitrogen and oxygen atoms in total. The summed E-state index contributed by atoms with van der Waals surface area (Å²) in [5.41, 5.74) is 6.17. The van der Waals surface area contributed by atoms with Gasteiger partial charge in [0.05, 0.1) is 17.5 Å². The standard InChI is InChI=1S/C31H26NO.C17H20N.Ir/c1-19-18-32-27(16-22(19)17-31(2,3)4)26-11-7-10-24-25-15-14-21-13-12-20-8-5-6-9-23(20)28(21)30(25)33-29(24)26;1-13-8-6-7-9-15(13)16-11-10-14(12-18(16)5)17(2,3)4;/h5-10,12-16,18H,17H2,1-4H3;6-12H,1,5H2,2-4H3;/q2*-1;+3/i1D3,17D2;;. The van der Waals surface area contributed by atoms with Crippen molar-refractivity contribution in [1.82, 2.24) is 4.98 Å². The van der Waals surface area contributed by atoms with Crippen molar-refractivity contribution in [2.75, 3.05) is 0 Å². The maximum Gasteiger partial charge on any atom is 3.00 e. The molecule has 0 saturated carbocycles. The first-order valence-electron chi connectivity index (χ1n) is 19.7. The molecule has 8 aromatic rings. The molecule has 0 N–H and O–H groups in total. The monoisotopic (exact) mass is 864 g/mol. The molecule has 8 rings (SSSR count). The first kappa shape index (κ1) is 30.7. The van der Waals surface area contributed by atoms with Gasteiger partial charge in [-0.05, 0) is 57.0 Å². The number of hydrogen-bond acceptors (Lipinski definition) is 2. The zero-order valence-electron chi connectivity index (χ0n) is 35.5. The summed E-state index contributed by atoms with van der Waals surface area (Å²) < 4.78 is 50.3. The molecule has 0 fully saturated rings. The van der Waals surface area contributed by atoms with Gasteiger partial charge in [0.15, 0.2) is 0 Å². The van der Waals surface area contributed by atoms with E-state index in [1.807, 2.05) is 41.0 Å². The predicted molar refractivity (Wildman–Crippen MR) is 215 cm³/mol. The van der Waals surface area contributed by atoms with Gasteiger partial charge in [0.1, 0.15) is 5.58 Å². The molecular weight excluding hydrogens is 813 g/mol. The fourth-order valence-corrected chi connectivity index (χ4v) is 6.58. The second kappa shape index (κ2) is 14.3. The van der Waals surface area contributed by atoms with Gasteiger partial charge in [0, 0.05) is 30.9 Å². The number of aromatic nitrogens is 2. The SMILES string of the molecule is [2H]C([2H])([2H])c1cnc(-c2[c-]ccc3c2oc2c3ccc3ccc4ccccc4c32)cc1C([2H])([2H])C(C)(C)C.[CH2-]c1ccccc1-c1ccc(C(C)(C)C)c[n+]1[CH2-].[Ir+3]. The van der Waals surface area contributed by atoms with Gasteiger partial charge in [0.2, 0.25) is 0 Å². The number of hydrogen-bond donors (Lipinski definition) is 0. The summed E-state index contributed by atoms with van der Waals surface area (Å²) >= 11 is 0. The summed E-state index contributed by atoms with van der Waals surface area (Å²) in [6.07, 6.45) is 1.45. The molecule has 0 aliphatic heterocycles. The van der Waals surface area contributed by atoms with E-state index < -0.39 is 18.6 Å². The second-order valence-corrected chi connectivity index (χ2v) is 15.2. The van der Waals surface area contributed by atoms with Crippen LogP contribution in [-0.2, 0) is 31.9 Å². The molecule has 0 bridgehead atoms. The Morgan fingerprint density at radius 1 is 0.827 bits per heavy atom. The van der Waals surface area contributed by atoms with Crippen LogP contribution in [0.4, 0.5) is 0 Å². The van der Waals surface area contributed by atoms with Crippen LogP contribution in [0.3, 0.4) is 0 Å². The van der Waals surface area contributed by atoms with E-state index in [4.69, 9.17) is 11.3 Å². The topological polar surface area (TPSA) is 29.9 Å². The van der Waals surface area contributed by atoms with Crippen LogP contribution in [0.15, 0.2) is 120 Å². The molecule has 0 spiro atoms. The molecule has 0 saturated heterocycles. The van der Waals surface area contributed by atoms with Crippen LogP contribution >= 0.6 is 0 Å². The Morgan fingerprint density at radius 3 is 2.27 bits per heavy atom. The summed E-state index contributed by atoms with van der Waals surface area (Å²) in [4.78, 5) is 4.49. The third kappa shape index (κ3) is 7.24. The van der Waals surface area contributed by atoms with Crippen molar-refractivity contribution in [3.63, 3.8) is 0 Å². The minimum atomic E-state index is -2.51. The average Bonchev–Trinajstić information content (AvgIpc) is 3.53. The van der Waals surface area contributed by atoms with E-state index in [1.165, 1.54) is 11.8 Å². The molecule has 0 atom stereocenters. The smallest absolute Gasteiger partial charge is 0.500 e. The normalized spacial score (nSPS) is 13.8. The van der Waals surface area contributed by atoms with Gasteiger partial charge in [-0.1, -0.05) is 131 Å². The predicted octanol–water partition coefficient (Wildman–Crippen LogP) is 12.4. The summed E-state index contributed by atoms with van der Waals surface area (Å²) in [7, 11) is 4.10. The summed E-state index contributed by atoms with van der Waals surface area (Å²) in [5, 5.41) is 6.17. The van der Waals surface area contributed by atoms with Gasteiger partial charge in [-0.25, -0.2) is 0 Å². The molecule has 5 aromatic carbocycles. The van der Waals surface area contributed by atoms with Crippen molar-refractivity contribution in [1.29, 1.82) is 0 Å². The summed E-state index contributed by atoms with van der Waals surface area (Å²) in [6.45, 7) is 13.5. The molecule has 262 valence electrons. The van der Waals surface area contributed by atoms with Crippen molar-refractivity contribution >= 4 is 43.5 Å². The summed E-state index contributed by atoms with van der Waals surface area (Å²) in [6, 6.07) is 37.5. The zero-order valence-corrected chi connectivity index (χ0v) is 32.9. The first-order valence-corrected chi connectivity index (χ1v) is 17.2. The molecule has 0 radical (unpaired) electrons. The van der Waals surface area contributed by atoms with Crippen molar-refractivity contribution in [2.45, 2.75) is 60.2 Å². The fraction of sp³-hybridized carbons (Fsp3) is 0.208. The van der Waals surface area contributed by atoms with E-state index in [2.05, 4.69) is 107 Å². The van der Waals surface area contributed by atoms with E-state index in [9.17, 15) is 0 Å². The van der Waals surface area contributed by atoms with Crippen LogP contribution in [0.1, 0.15) is 70.7 Å². The number of aryl methyl sites for hydroxylation is 1. The van der Waals surface area contributed by atoms with Crippen LogP contribution in [-0.4, -0.2) is 4.98 Å². The molecule has 0 aliphatic rings. The Bertz CT molecular complexity index is 2770. The van der Waals surface area contributed by atoms with Gasteiger partial charge in [0.25, 0.3) is 0 Å². The minimum Gasteiger partial charge on any atom is -0.500 e. The number of nitrogens with zero attached hydrogens (tertiary/aromatic N) is 2. The second-order valence-electron chi connectivity index (χ2n) is 15.2. The maximum atomic E-state index is 8.87. The molecule has 52 heavy (non-hydrogen) atoms. The Labute approximate surface area is 329 Å². The molecule has 3 aromatic heterocycles. The van der Waals surface area contributed by atoms with Gasteiger partial charge in [-0.15, -0.1) is 35.9 Å². The Hall–Kier alpha value is -4.89. The number of rotatable bonds is 3. The van der Waals surface area contributed by atoms with Crippen molar-refractivity contribution in [3.8, 4) is 22.5 Å². The molecule has 3 heterocycles. The van der Waals surface area contributed by atoms with Crippen LogP contribution < -0.4 is 4.57 Å². The van der Waals surface area contributed by atoms with Crippen molar-refractivity contribution in [3.05, 3.63) is 158 Å². The zero-order chi connectivity index (χ0) is 40.4. The van der Waals surface area contributed by atoms with Crippen LogP contribution in [0.5, 0.6) is 0 Å². The third-order valence-corrected chi connectivity index (χ3v) is 9.16. The molecule has 0 amide bonds. The Balaban J connectivity index is 0.000000244. The van der Waals surface area contributed by atoms with Gasteiger partial charge < -0.3 is 14.0 Å². The number of benzene rings is 5. The van der Waals surface area contributed by atoms with Gasteiger partial charge in [-0.2, -0.15) is 18.6 Å². The van der Waals surface area contributed by atoms with Gasteiger partial charge >= 0.3 is 20.1 Å². The minimum absolute atomic E-state index is 0. The van der Waals surface area contributed by atoms with Crippen LogP contribution in [0.25, 0.3) is 66.0 Å². The van der Waals surface area contributed by atoms with Crippen molar-refractivity contribution < 1.29 is 35.9 Å². The maximum absolute atomic E-state index is 8.87.